The number of nitrogens with zero attached hydrogens (tertiary/aromatic N) is 2. The highest BCUT2D eigenvalue weighted by Gasteiger charge is 2.24. The number of nitrogens with one attached hydrogen (secondary N) is 2. The normalized spacial score (nSPS) is 19.9. The maximum Gasteiger partial charge on any atom is 0.242 e. The summed E-state index contributed by atoms with van der Waals surface area (Å²) < 4.78 is 30.8. The van der Waals surface area contributed by atoms with Crippen LogP contribution < -0.4 is 10.1 Å². The van der Waals surface area contributed by atoms with E-state index in [4.69, 9.17) is 4.74 Å². The fourth-order valence-corrected chi connectivity index (χ4v) is 2.78. The van der Waals surface area contributed by atoms with E-state index in [1.165, 1.54) is 0 Å². The van der Waals surface area contributed by atoms with Gasteiger partial charge in [-0.15, -0.1) is 0 Å². The molecule has 1 fully saturated rings. The van der Waals surface area contributed by atoms with E-state index in [9.17, 15) is 8.78 Å². The van der Waals surface area contributed by atoms with Crippen LogP contribution in [0.2, 0.25) is 0 Å². The minimum atomic E-state index is -2.33. The minimum absolute atomic E-state index is 0.00717. The van der Waals surface area contributed by atoms with E-state index < -0.39 is 6.43 Å². The predicted molar refractivity (Wildman–Crippen MR) is 79.3 cm³/mol. The quantitative estimate of drug-likeness (QED) is 0.860. The highest BCUT2D eigenvalue weighted by atomic mass is 19.3. The number of imidazole rings is 1. The second-order valence-electron chi connectivity index (χ2n) is 5.72. The Bertz CT molecular complexity index is 625. The molecule has 22 heavy (non-hydrogen) atoms. The number of aryl methyl sites for hydroxylation is 1. The van der Waals surface area contributed by atoms with Crippen molar-refractivity contribution < 1.29 is 13.5 Å². The van der Waals surface area contributed by atoms with Crippen LogP contribution in [0.15, 0.2) is 12.4 Å². The van der Waals surface area contributed by atoms with Gasteiger partial charge in [0.05, 0.1) is 11.8 Å². The van der Waals surface area contributed by atoms with Crippen molar-refractivity contribution in [2.45, 2.75) is 38.7 Å². The Labute approximate surface area is 127 Å². The highest BCUT2D eigenvalue weighted by Crippen LogP contribution is 2.26. The van der Waals surface area contributed by atoms with E-state index in [0.717, 1.165) is 25.0 Å². The molecule has 2 aromatic heterocycles. The lowest BCUT2D eigenvalue weighted by molar-refractivity contribution is 0.137. The first-order chi connectivity index (χ1) is 10.6. The molecule has 7 heteroatoms. The van der Waals surface area contributed by atoms with Crippen LogP contribution in [0.3, 0.4) is 0 Å². The average Bonchev–Trinajstić information content (AvgIpc) is 3.16. The first-order valence-electron chi connectivity index (χ1n) is 7.62. The monoisotopic (exact) mass is 310 g/mol. The molecule has 0 aliphatic carbocycles. The molecule has 2 atom stereocenters. The number of rotatable bonds is 6. The Morgan fingerprint density at radius 3 is 3.05 bits per heavy atom. The Kier molecular flexibility index (Phi) is 4.52. The fourth-order valence-electron chi connectivity index (χ4n) is 2.78. The standard InChI is InChI=1S/C15H20F2N4O/c1-9(10-4-5-18-7-10)22-15-14-12(19-8-20-14)6-11(21-15)2-3-13(16)17/h6,8-10,13,18H,2-5,7H2,1H3,(H,19,20)/t9-,10-/m1/s1. The van der Waals surface area contributed by atoms with Gasteiger partial charge in [-0.05, 0) is 32.4 Å². The number of hydrogen-bond donors (Lipinski definition) is 2. The Hall–Kier alpha value is -1.76. The van der Waals surface area contributed by atoms with Gasteiger partial charge in [0.15, 0.2) is 5.52 Å². The molecule has 0 spiro atoms. The van der Waals surface area contributed by atoms with Gasteiger partial charge < -0.3 is 15.0 Å². The van der Waals surface area contributed by atoms with E-state index in [1.54, 1.807) is 12.4 Å². The summed E-state index contributed by atoms with van der Waals surface area (Å²) in [5, 5.41) is 3.31. The summed E-state index contributed by atoms with van der Waals surface area (Å²) in [6.45, 7) is 3.94. The zero-order valence-corrected chi connectivity index (χ0v) is 12.5. The van der Waals surface area contributed by atoms with Crippen LogP contribution in [0.25, 0.3) is 11.0 Å². The first-order valence-corrected chi connectivity index (χ1v) is 7.62. The summed E-state index contributed by atoms with van der Waals surface area (Å²) in [4.78, 5) is 11.6. The van der Waals surface area contributed by atoms with Crippen LogP contribution in [-0.2, 0) is 6.42 Å². The smallest absolute Gasteiger partial charge is 0.242 e. The number of halogens is 2. The summed E-state index contributed by atoms with van der Waals surface area (Å²) in [5.74, 6) is 0.864. The number of pyridine rings is 1. The van der Waals surface area contributed by atoms with Gasteiger partial charge in [0.2, 0.25) is 12.3 Å². The number of aromatic amines is 1. The molecule has 1 saturated heterocycles. The summed E-state index contributed by atoms with van der Waals surface area (Å²) in [5.41, 5.74) is 2.02. The summed E-state index contributed by atoms with van der Waals surface area (Å²) in [7, 11) is 0. The molecule has 0 radical (unpaired) electrons. The molecule has 2 aromatic rings. The van der Waals surface area contributed by atoms with Gasteiger partial charge >= 0.3 is 0 Å². The largest absolute Gasteiger partial charge is 0.473 e. The molecule has 5 nitrogen and oxygen atoms in total. The van der Waals surface area contributed by atoms with Gasteiger partial charge in [-0.1, -0.05) is 0 Å². The van der Waals surface area contributed by atoms with Crippen molar-refractivity contribution in [1.82, 2.24) is 20.3 Å². The number of hydrogen-bond acceptors (Lipinski definition) is 4. The lowest BCUT2D eigenvalue weighted by Gasteiger charge is -2.20. The zero-order valence-electron chi connectivity index (χ0n) is 12.5. The van der Waals surface area contributed by atoms with E-state index in [0.29, 0.717) is 23.0 Å². The summed E-state index contributed by atoms with van der Waals surface area (Å²) in [6.07, 6.45) is 0.338. The maximum atomic E-state index is 12.4. The van der Waals surface area contributed by atoms with Crippen molar-refractivity contribution in [3.8, 4) is 5.88 Å². The Balaban J connectivity index is 1.81. The van der Waals surface area contributed by atoms with Crippen molar-refractivity contribution in [3.05, 3.63) is 18.1 Å². The number of H-pyrrole nitrogens is 1. The topological polar surface area (TPSA) is 62.8 Å². The second-order valence-corrected chi connectivity index (χ2v) is 5.72. The molecule has 0 bridgehead atoms. The van der Waals surface area contributed by atoms with Crippen molar-refractivity contribution in [2.75, 3.05) is 13.1 Å². The second kappa shape index (κ2) is 6.56. The van der Waals surface area contributed by atoms with Crippen molar-refractivity contribution in [2.24, 2.45) is 5.92 Å². The minimum Gasteiger partial charge on any atom is -0.473 e. The molecule has 0 amide bonds. The third-order valence-corrected chi connectivity index (χ3v) is 4.11. The average molecular weight is 310 g/mol. The number of alkyl halides is 2. The molecule has 3 rings (SSSR count). The van der Waals surface area contributed by atoms with Crippen LogP contribution in [0.4, 0.5) is 8.78 Å². The molecular weight excluding hydrogens is 290 g/mol. The van der Waals surface area contributed by atoms with Gasteiger partial charge in [-0.3, -0.25) is 0 Å². The molecule has 0 unspecified atom stereocenters. The maximum absolute atomic E-state index is 12.4. The van der Waals surface area contributed by atoms with E-state index in [2.05, 4.69) is 20.3 Å². The molecule has 1 aliphatic rings. The van der Waals surface area contributed by atoms with Crippen LogP contribution in [0.5, 0.6) is 5.88 Å². The third-order valence-electron chi connectivity index (χ3n) is 4.11. The van der Waals surface area contributed by atoms with Gasteiger partial charge in [-0.25, -0.2) is 18.7 Å². The number of aromatic nitrogens is 3. The Morgan fingerprint density at radius 2 is 2.32 bits per heavy atom. The van der Waals surface area contributed by atoms with Crippen LogP contribution in [-0.4, -0.2) is 40.6 Å². The van der Waals surface area contributed by atoms with E-state index in [1.807, 2.05) is 6.92 Å². The SMILES string of the molecule is C[C@@H](Oc1nc(CCC(F)F)cc2[nH]cnc12)[C@@H]1CCNC1. The first kappa shape index (κ1) is 15.1. The zero-order chi connectivity index (χ0) is 15.5. The molecule has 3 heterocycles. The van der Waals surface area contributed by atoms with Gasteiger partial charge in [0, 0.05) is 24.6 Å². The van der Waals surface area contributed by atoms with Crippen LogP contribution >= 0.6 is 0 Å². The number of ether oxygens (including phenoxy) is 1. The third kappa shape index (κ3) is 3.35. The molecule has 1 aliphatic heterocycles. The fraction of sp³-hybridized carbons (Fsp3) is 0.600. The summed E-state index contributed by atoms with van der Waals surface area (Å²) >= 11 is 0. The molecule has 2 N–H and O–H groups in total. The van der Waals surface area contributed by atoms with Crippen molar-refractivity contribution >= 4 is 11.0 Å². The highest BCUT2D eigenvalue weighted by molar-refractivity contribution is 5.79. The van der Waals surface area contributed by atoms with E-state index in [-0.39, 0.29) is 18.9 Å². The van der Waals surface area contributed by atoms with Crippen molar-refractivity contribution in [1.29, 1.82) is 0 Å². The molecule has 0 saturated carbocycles. The van der Waals surface area contributed by atoms with E-state index >= 15 is 0 Å². The number of fused-ring (bicyclic) bond motifs is 1. The van der Waals surface area contributed by atoms with Gasteiger partial charge in [-0.2, -0.15) is 0 Å². The molecule has 120 valence electrons. The van der Waals surface area contributed by atoms with Gasteiger partial charge in [0.25, 0.3) is 0 Å². The lowest BCUT2D eigenvalue weighted by atomic mass is 10.0. The lowest BCUT2D eigenvalue weighted by Crippen LogP contribution is -2.26. The summed E-state index contributed by atoms with van der Waals surface area (Å²) in [6, 6.07) is 1.76. The van der Waals surface area contributed by atoms with Gasteiger partial charge in [0.1, 0.15) is 6.10 Å². The molecule has 0 aromatic carbocycles. The van der Waals surface area contributed by atoms with Crippen LogP contribution in [0, 0.1) is 5.92 Å². The van der Waals surface area contributed by atoms with Crippen LogP contribution in [0.1, 0.15) is 25.5 Å². The van der Waals surface area contributed by atoms with Crippen molar-refractivity contribution in [3.63, 3.8) is 0 Å². The predicted octanol–water partition coefficient (Wildman–Crippen LogP) is 2.53. The Morgan fingerprint density at radius 1 is 1.45 bits per heavy atom. The molecular formula is C15H20F2N4O.